The van der Waals surface area contributed by atoms with E-state index in [1.807, 2.05) is 0 Å². The number of rotatable bonds is 10. The number of aromatic nitrogens is 2. The third-order valence-corrected chi connectivity index (χ3v) is 4.18. The van der Waals surface area contributed by atoms with Gasteiger partial charge in [0.25, 0.3) is 5.91 Å². The lowest BCUT2D eigenvalue weighted by atomic mass is 10.1. The molecule has 0 radical (unpaired) electrons. The molecule has 164 valence electrons. The second-order valence-corrected chi connectivity index (χ2v) is 6.50. The van der Waals surface area contributed by atoms with Crippen LogP contribution in [-0.2, 0) is 20.8 Å². The van der Waals surface area contributed by atoms with Crippen molar-refractivity contribution in [1.29, 1.82) is 0 Å². The van der Waals surface area contributed by atoms with Gasteiger partial charge in [0.2, 0.25) is 11.8 Å². The number of nitrogens with one attached hydrogen (secondary N) is 4. The monoisotopic (exact) mass is 431 g/mol. The van der Waals surface area contributed by atoms with Gasteiger partial charge in [-0.05, 0) is 19.1 Å². The Morgan fingerprint density at radius 1 is 1.06 bits per heavy atom. The molecule has 0 aliphatic heterocycles. The molecule has 2 rings (SSSR count). The van der Waals surface area contributed by atoms with Crippen LogP contribution in [0.25, 0.3) is 0 Å². The van der Waals surface area contributed by atoms with Crippen LogP contribution in [0, 0.1) is 0 Å². The Morgan fingerprint density at radius 3 is 2.32 bits per heavy atom. The summed E-state index contributed by atoms with van der Waals surface area (Å²) in [5, 5.41) is 25.3. The molecule has 1 aromatic carbocycles. The maximum atomic E-state index is 12.2. The highest BCUT2D eigenvalue weighted by atomic mass is 16.4. The minimum atomic E-state index is -1.29. The molecule has 0 aliphatic carbocycles. The summed E-state index contributed by atoms with van der Waals surface area (Å²) in [5.41, 5.74) is 0.176. The third-order valence-electron chi connectivity index (χ3n) is 4.18. The van der Waals surface area contributed by atoms with Gasteiger partial charge in [0.1, 0.15) is 12.1 Å². The molecule has 0 saturated carbocycles. The van der Waals surface area contributed by atoms with E-state index in [4.69, 9.17) is 5.11 Å². The van der Waals surface area contributed by atoms with Gasteiger partial charge < -0.3 is 31.1 Å². The first-order valence-electron chi connectivity index (χ1n) is 9.09. The molecular weight excluding hydrogens is 410 g/mol. The summed E-state index contributed by atoms with van der Waals surface area (Å²) in [4.78, 5) is 65.5. The molecule has 3 amide bonds. The molecule has 12 heteroatoms. The minimum Gasteiger partial charge on any atom is -0.480 e. The van der Waals surface area contributed by atoms with Crippen molar-refractivity contribution in [2.75, 3.05) is 6.54 Å². The number of hydrogen-bond acceptors (Lipinski definition) is 6. The molecule has 0 bridgehead atoms. The topological polar surface area (TPSA) is 191 Å². The first-order valence-corrected chi connectivity index (χ1v) is 9.09. The Hall–Kier alpha value is -4.22. The molecule has 1 heterocycles. The van der Waals surface area contributed by atoms with Gasteiger partial charge in [0.15, 0.2) is 0 Å². The zero-order valence-electron chi connectivity index (χ0n) is 16.4. The summed E-state index contributed by atoms with van der Waals surface area (Å²) in [6.07, 6.45) is 2.78. The second kappa shape index (κ2) is 10.5. The molecule has 0 fully saturated rings. The predicted octanol–water partition coefficient (Wildman–Crippen LogP) is -0.845. The molecule has 2 atom stereocenters. The van der Waals surface area contributed by atoms with E-state index in [9.17, 15) is 29.1 Å². The van der Waals surface area contributed by atoms with Gasteiger partial charge in [-0.25, -0.2) is 14.6 Å². The first kappa shape index (κ1) is 23.1. The number of carbonyl (C=O) groups excluding carboxylic acids is 3. The molecule has 0 unspecified atom stereocenters. The average molecular weight is 431 g/mol. The van der Waals surface area contributed by atoms with Crippen LogP contribution in [0.2, 0.25) is 0 Å². The summed E-state index contributed by atoms with van der Waals surface area (Å²) in [6.45, 7) is 0.838. The lowest BCUT2D eigenvalue weighted by molar-refractivity contribution is -0.142. The Labute approximate surface area is 176 Å². The van der Waals surface area contributed by atoms with Gasteiger partial charge in [0, 0.05) is 18.3 Å². The quantitative estimate of drug-likeness (QED) is 0.280. The third kappa shape index (κ3) is 6.66. The average Bonchev–Trinajstić information content (AvgIpc) is 3.24. The van der Waals surface area contributed by atoms with Gasteiger partial charge in [-0.15, -0.1) is 0 Å². The van der Waals surface area contributed by atoms with E-state index in [1.165, 1.54) is 43.7 Å². The number of aromatic carboxylic acids is 1. The van der Waals surface area contributed by atoms with Gasteiger partial charge in [-0.2, -0.15) is 0 Å². The number of carbonyl (C=O) groups is 5. The Kier molecular flexibility index (Phi) is 7.83. The van der Waals surface area contributed by atoms with Crippen molar-refractivity contribution in [3.8, 4) is 0 Å². The van der Waals surface area contributed by atoms with E-state index < -0.39 is 48.3 Å². The lowest BCUT2D eigenvalue weighted by Crippen LogP contribution is -2.52. The zero-order valence-corrected chi connectivity index (χ0v) is 16.4. The van der Waals surface area contributed by atoms with Crippen LogP contribution in [-0.4, -0.2) is 68.5 Å². The van der Waals surface area contributed by atoms with Crippen LogP contribution in [0.4, 0.5) is 0 Å². The Morgan fingerprint density at radius 2 is 1.74 bits per heavy atom. The number of nitrogens with zero attached hydrogens (tertiary/aromatic N) is 1. The van der Waals surface area contributed by atoms with E-state index in [0.717, 1.165) is 0 Å². The summed E-state index contributed by atoms with van der Waals surface area (Å²) in [7, 11) is 0. The number of carboxylic acids is 2. The number of aromatic amines is 1. The van der Waals surface area contributed by atoms with Crippen LogP contribution in [0.15, 0.2) is 36.8 Å². The largest absolute Gasteiger partial charge is 0.480 e. The molecule has 0 spiro atoms. The normalized spacial score (nSPS) is 12.3. The van der Waals surface area contributed by atoms with Crippen LogP contribution < -0.4 is 16.0 Å². The smallest absolute Gasteiger partial charge is 0.336 e. The highest BCUT2D eigenvalue weighted by Gasteiger charge is 2.25. The van der Waals surface area contributed by atoms with Crippen LogP contribution in [0.3, 0.4) is 0 Å². The summed E-state index contributed by atoms with van der Waals surface area (Å²) in [5.74, 6) is -4.77. The number of imidazole rings is 1. The number of aliphatic carboxylic acids is 1. The molecule has 1 aromatic heterocycles. The van der Waals surface area contributed by atoms with Crippen molar-refractivity contribution in [2.24, 2.45) is 0 Å². The maximum Gasteiger partial charge on any atom is 0.336 e. The fourth-order valence-electron chi connectivity index (χ4n) is 2.59. The van der Waals surface area contributed by atoms with Crippen molar-refractivity contribution in [3.63, 3.8) is 0 Å². The van der Waals surface area contributed by atoms with Gasteiger partial charge in [0.05, 0.1) is 24.0 Å². The summed E-state index contributed by atoms with van der Waals surface area (Å²) in [6, 6.07) is 3.18. The highest BCUT2D eigenvalue weighted by molar-refractivity contribution is 6.05. The van der Waals surface area contributed by atoms with Crippen LogP contribution in [0.5, 0.6) is 0 Å². The number of hydrogen-bond donors (Lipinski definition) is 6. The van der Waals surface area contributed by atoms with Crippen molar-refractivity contribution in [3.05, 3.63) is 53.6 Å². The first-order chi connectivity index (χ1) is 14.7. The van der Waals surface area contributed by atoms with Gasteiger partial charge >= 0.3 is 11.9 Å². The minimum absolute atomic E-state index is 0.0270. The van der Waals surface area contributed by atoms with Crippen molar-refractivity contribution >= 4 is 29.7 Å². The van der Waals surface area contributed by atoms with Crippen LogP contribution >= 0.6 is 0 Å². The lowest BCUT2D eigenvalue weighted by Gasteiger charge is -2.18. The fourth-order valence-corrected chi connectivity index (χ4v) is 2.59. The van der Waals surface area contributed by atoms with E-state index in [1.54, 1.807) is 0 Å². The van der Waals surface area contributed by atoms with E-state index >= 15 is 0 Å². The maximum absolute atomic E-state index is 12.2. The highest BCUT2D eigenvalue weighted by Crippen LogP contribution is 2.08. The van der Waals surface area contributed by atoms with E-state index in [-0.39, 0.29) is 17.5 Å². The zero-order chi connectivity index (χ0) is 23.0. The summed E-state index contributed by atoms with van der Waals surface area (Å²) < 4.78 is 0. The van der Waals surface area contributed by atoms with Gasteiger partial charge in [-0.1, -0.05) is 12.1 Å². The molecule has 12 nitrogen and oxygen atoms in total. The Bertz CT molecular complexity index is 974. The molecule has 0 saturated heterocycles. The van der Waals surface area contributed by atoms with Crippen LogP contribution in [0.1, 0.15) is 33.3 Å². The molecular formula is C19H21N5O7. The molecule has 6 N–H and O–H groups in total. The van der Waals surface area contributed by atoms with Crippen molar-refractivity contribution in [1.82, 2.24) is 25.9 Å². The van der Waals surface area contributed by atoms with E-state index in [0.29, 0.717) is 5.69 Å². The van der Waals surface area contributed by atoms with E-state index in [2.05, 4.69) is 25.9 Å². The predicted molar refractivity (Wildman–Crippen MR) is 105 cm³/mol. The SMILES string of the molecule is C[C@H](NC(=O)CNC(=O)c1ccccc1C(=O)O)C(=O)N[C@@H](Cc1cnc[nH]1)C(=O)O. The standard InChI is InChI=1S/C19H21N5O7/c1-10(16(26)24-14(19(30)31)6-11-7-20-9-22-11)23-15(25)8-21-17(27)12-4-2-3-5-13(12)18(28)29/h2-5,7,9-10,14H,6,8H2,1H3,(H,20,22)(H,21,27)(H,23,25)(H,24,26)(H,28,29)(H,30,31)/t10-,14-/m0/s1. The molecule has 31 heavy (non-hydrogen) atoms. The molecule has 0 aliphatic rings. The fraction of sp³-hybridized carbons (Fsp3) is 0.263. The van der Waals surface area contributed by atoms with Crippen molar-refractivity contribution in [2.45, 2.75) is 25.4 Å². The van der Waals surface area contributed by atoms with Gasteiger partial charge in [-0.3, -0.25) is 14.4 Å². The summed E-state index contributed by atoms with van der Waals surface area (Å²) >= 11 is 0. The molecule has 2 aromatic rings. The number of carboxylic acid groups (broad SMARTS) is 2. The second-order valence-electron chi connectivity index (χ2n) is 6.50. The van der Waals surface area contributed by atoms with Crippen molar-refractivity contribution < 1.29 is 34.2 Å². The number of benzene rings is 1. The number of H-pyrrole nitrogens is 1. The number of amides is 3. The Balaban J connectivity index is 1.87.